The van der Waals surface area contributed by atoms with E-state index in [-0.39, 0.29) is 0 Å². The Morgan fingerprint density at radius 3 is 2.29 bits per heavy atom. The molecule has 122 valence electrons. The summed E-state index contributed by atoms with van der Waals surface area (Å²) in [5.41, 5.74) is 3.98. The number of benzene rings is 1. The molecule has 0 bridgehead atoms. The van der Waals surface area contributed by atoms with Crippen LogP contribution in [0.4, 0.5) is 5.95 Å². The number of hydrogen-bond acceptors (Lipinski definition) is 5. The Balaban J connectivity index is 1.34. The Morgan fingerprint density at radius 2 is 1.62 bits per heavy atom. The molecule has 0 unspecified atom stereocenters. The number of rotatable bonds is 4. The van der Waals surface area contributed by atoms with E-state index in [1.807, 2.05) is 18.5 Å². The first-order chi connectivity index (χ1) is 11.9. The second-order valence-electron chi connectivity index (χ2n) is 6.02. The molecule has 0 atom stereocenters. The van der Waals surface area contributed by atoms with Crippen LogP contribution in [-0.4, -0.2) is 41.0 Å². The average Bonchev–Trinajstić information content (AvgIpc) is 3.18. The fraction of sp³-hybridized carbons (Fsp3) is 0.263. The third kappa shape index (κ3) is 3.47. The van der Waals surface area contributed by atoms with E-state index < -0.39 is 0 Å². The summed E-state index contributed by atoms with van der Waals surface area (Å²) in [5, 5.41) is 4.32. The Kier molecular flexibility index (Phi) is 4.53. The SMILES string of the molecule is c1cnc(N2CCN(Cc3ccc(-c4ccsc4)cc3)CC2)nc1. The van der Waals surface area contributed by atoms with Crippen molar-refractivity contribution in [3.05, 3.63) is 65.1 Å². The van der Waals surface area contributed by atoms with Crippen LogP contribution in [0.2, 0.25) is 0 Å². The van der Waals surface area contributed by atoms with Crippen LogP contribution in [0.5, 0.6) is 0 Å². The van der Waals surface area contributed by atoms with E-state index in [9.17, 15) is 0 Å². The molecule has 4 rings (SSSR count). The van der Waals surface area contributed by atoms with Gasteiger partial charge in [-0.2, -0.15) is 11.3 Å². The van der Waals surface area contributed by atoms with Gasteiger partial charge in [-0.05, 0) is 39.6 Å². The molecule has 1 saturated heterocycles. The van der Waals surface area contributed by atoms with Gasteiger partial charge in [0.05, 0.1) is 0 Å². The Labute approximate surface area is 146 Å². The molecule has 0 saturated carbocycles. The summed E-state index contributed by atoms with van der Waals surface area (Å²) in [7, 11) is 0. The lowest BCUT2D eigenvalue weighted by molar-refractivity contribution is 0.248. The van der Waals surface area contributed by atoms with E-state index in [1.54, 1.807) is 11.3 Å². The minimum absolute atomic E-state index is 0.845. The minimum atomic E-state index is 0.845. The van der Waals surface area contributed by atoms with Gasteiger partial charge in [0, 0.05) is 45.1 Å². The fourth-order valence-corrected chi connectivity index (χ4v) is 3.72. The van der Waals surface area contributed by atoms with Crippen LogP contribution in [0.1, 0.15) is 5.56 Å². The Morgan fingerprint density at radius 1 is 0.875 bits per heavy atom. The lowest BCUT2D eigenvalue weighted by atomic mass is 10.1. The molecular weight excluding hydrogens is 316 g/mol. The van der Waals surface area contributed by atoms with Crippen molar-refractivity contribution >= 4 is 17.3 Å². The lowest BCUT2D eigenvalue weighted by Gasteiger charge is -2.34. The number of aromatic nitrogens is 2. The van der Waals surface area contributed by atoms with E-state index in [1.165, 1.54) is 16.7 Å². The van der Waals surface area contributed by atoms with Gasteiger partial charge >= 0.3 is 0 Å². The molecule has 2 aromatic heterocycles. The van der Waals surface area contributed by atoms with E-state index in [2.05, 4.69) is 60.9 Å². The van der Waals surface area contributed by atoms with Gasteiger partial charge in [-0.25, -0.2) is 9.97 Å². The minimum Gasteiger partial charge on any atom is -0.338 e. The monoisotopic (exact) mass is 336 g/mol. The van der Waals surface area contributed by atoms with Gasteiger partial charge in [0.15, 0.2) is 0 Å². The third-order valence-electron chi connectivity index (χ3n) is 4.42. The molecule has 1 aliphatic rings. The van der Waals surface area contributed by atoms with Crippen LogP contribution in [0, 0.1) is 0 Å². The highest BCUT2D eigenvalue weighted by Crippen LogP contribution is 2.23. The van der Waals surface area contributed by atoms with Crippen molar-refractivity contribution in [2.45, 2.75) is 6.54 Å². The second-order valence-corrected chi connectivity index (χ2v) is 6.80. The van der Waals surface area contributed by atoms with Crippen LogP contribution in [0.3, 0.4) is 0 Å². The van der Waals surface area contributed by atoms with E-state index in [4.69, 9.17) is 0 Å². The normalized spacial score (nSPS) is 15.6. The second kappa shape index (κ2) is 7.11. The fourth-order valence-electron chi connectivity index (χ4n) is 3.05. The van der Waals surface area contributed by atoms with Crippen molar-refractivity contribution in [1.82, 2.24) is 14.9 Å². The van der Waals surface area contributed by atoms with E-state index in [0.717, 1.165) is 38.7 Å². The van der Waals surface area contributed by atoms with Gasteiger partial charge in [0.25, 0.3) is 0 Å². The largest absolute Gasteiger partial charge is 0.338 e. The van der Waals surface area contributed by atoms with Crippen molar-refractivity contribution in [2.75, 3.05) is 31.1 Å². The van der Waals surface area contributed by atoms with Gasteiger partial charge in [-0.1, -0.05) is 24.3 Å². The zero-order valence-corrected chi connectivity index (χ0v) is 14.3. The van der Waals surface area contributed by atoms with Crippen LogP contribution >= 0.6 is 11.3 Å². The molecule has 0 aliphatic carbocycles. The van der Waals surface area contributed by atoms with Crippen LogP contribution in [0.25, 0.3) is 11.1 Å². The molecule has 1 fully saturated rings. The van der Waals surface area contributed by atoms with Crippen molar-refractivity contribution in [3.8, 4) is 11.1 Å². The number of thiophene rings is 1. The first kappa shape index (κ1) is 15.3. The molecule has 3 heterocycles. The van der Waals surface area contributed by atoms with Crippen molar-refractivity contribution < 1.29 is 0 Å². The number of piperazine rings is 1. The predicted octanol–water partition coefficient (Wildman–Crippen LogP) is 3.53. The average molecular weight is 336 g/mol. The molecule has 1 aromatic carbocycles. The van der Waals surface area contributed by atoms with Gasteiger partial charge in [-0.3, -0.25) is 4.90 Å². The zero-order valence-electron chi connectivity index (χ0n) is 13.5. The zero-order chi connectivity index (χ0) is 16.2. The molecular formula is C19H20N4S. The maximum absolute atomic E-state index is 4.34. The Hall–Kier alpha value is -2.24. The molecule has 3 aromatic rings. The quantitative estimate of drug-likeness (QED) is 0.730. The molecule has 4 nitrogen and oxygen atoms in total. The summed E-state index contributed by atoms with van der Waals surface area (Å²) in [4.78, 5) is 13.4. The van der Waals surface area contributed by atoms with Gasteiger partial charge in [0.2, 0.25) is 5.95 Å². The summed E-state index contributed by atoms with van der Waals surface area (Å²) in [6, 6.07) is 13.0. The molecule has 5 heteroatoms. The van der Waals surface area contributed by atoms with E-state index >= 15 is 0 Å². The van der Waals surface area contributed by atoms with Crippen molar-refractivity contribution in [1.29, 1.82) is 0 Å². The first-order valence-corrected chi connectivity index (χ1v) is 9.18. The summed E-state index contributed by atoms with van der Waals surface area (Å²) < 4.78 is 0. The number of nitrogens with zero attached hydrogens (tertiary/aromatic N) is 4. The van der Waals surface area contributed by atoms with E-state index in [0.29, 0.717) is 0 Å². The predicted molar refractivity (Wildman–Crippen MR) is 99.3 cm³/mol. The first-order valence-electron chi connectivity index (χ1n) is 8.24. The highest BCUT2D eigenvalue weighted by Gasteiger charge is 2.18. The van der Waals surface area contributed by atoms with Crippen molar-refractivity contribution in [3.63, 3.8) is 0 Å². The van der Waals surface area contributed by atoms with Crippen LogP contribution < -0.4 is 4.90 Å². The summed E-state index contributed by atoms with van der Waals surface area (Å²) in [6.07, 6.45) is 3.62. The maximum atomic E-state index is 4.34. The highest BCUT2D eigenvalue weighted by atomic mass is 32.1. The number of anilines is 1. The Bertz CT molecular complexity index is 748. The topological polar surface area (TPSA) is 32.3 Å². The summed E-state index contributed by atoms with van der Waals surface area (Å²) in [5.74, 6) is 0.845. The third-order valence-corrected chi connectivity index (χ3v) is 5.11. The summed E-state index contributed by atoms with van der Waals surface area (Å²) >= 11 is 1.74. The standard InChI is InChI=1S/C19H20N4S/c1-7-20-19(21-8-1)23-11-9-22(10-12-23)14-16-2-4-17(5-3-16)18-6-13-24-15-18/h1-8,13,15H,9-12,14H2. The lowest BCUT2D eigenvalue weighted by Crippen LogP contribution is -2.46. The van der Waals surface area contributed by atoms with Crippen LogP contribution in [0.15, 0.2) is 59.6 Å². The van der Waals surface area contributed by atoms with Gasteiger partial charge in [-0.15, -0.1) is 0 Å². The van der Waals surface area contributed by atoms with Crippen LogP contribution in [-0.2, 0) is 6.54 Å². The van der Waals surface area contributed by atoms with Gasteiger partial charge < -0.3 is 4.90 Å². The highest BCUT2D eigenvalue weighted by molar-refractivity contribution is 7.08. The molecule has 0 amide bonds. The molecule has 0 radical (unpaired) electrons. The molecule has 1 aliphatic heterocycles. The molecule has 0 spiro atoms. The molecule has 0 N–H and O–H groups in total. The summed E-state index contributed by atoms with van der Waals surface area (Å²) in [6.45, 7) is 5.07. The number of hydrogen-bond donors (Lipinski definition) is 0. The van der Waals surface area contributed by atoms with Crippen molar-refractivity contribution in [2.24, 2.45) is 0 Å². The smallest absolute Gasteiger partial charge is 0.225 e. The maximum Gasteiger partial charge on any atom is 0.225 e. The van der Waals surface area contributed by atoms with Gasteiger partial charge in [0.1, 0.15) is 0 Å². The molecule has 24 heavy (non-hydrogen) atoms.